The molecule has 8 rings (SSSR count). The largest absolute Gasteiger partial charge is 0.377 e. The Bertz CT molecular complexity index is 2930. The second-order valence-electron chi connectivity index (χ2n) is 19.4. The number of hydrogen-bond acceptors (Lipinski definition) is 15. The van der Waals surface area contributed by atoms with E-state index in [-0.39, 0.29) is 105 Å². The van der Waals surface area contributed by atoms with Crippen LogP contribution in [0.25, 0.3) is 10.9 Å². The van der Waals surface area contributed by atoms with Crippen LogP contribution < -0.4 is 31.5 Å². The first-order valence-electron chi connectivity index (χ1n) is 26.0. The van der Waals surface area contributed by atoms with Gasteiger partial charge in [0.25, 0.3) is 17.7 Å². The number of hydrogen-bond donors (Lipinski definition) is 5. The number of carbonyl (C=O) groups excluding carboxylic acids is 6. The minimum absolute atomic E-state index is 0.0298. The lowest BCUT2D eigenvalue weighted by molar-refractivity contribution is -0.140. The summed E-state index contributed by atoms with van der Waals surface area (Å²) in [6.07, 6.45) is 6.29. The summed E-state index contributed by atoms with van der Waals surface area (Å²) in [5.74, 6) is -0.687. The van der Waals surface area contributed by atoms with Crippen molar-refractivity contribution in [2.24, 2.45) is 13.0 Å². The first kappa shape index (κ1) is 56.4. The highest BCUT2D eigenvalue weighted by molar-refractivity contribution is 7.17. The van der Waals surface area contributed by atoms with E-state index in [0.717, 1.165) is 37.7 Å². The highest BCUT2D eigenvalue weighted by atomic mass is 35.5. The van der Waals surface area contributed by atoms with Crippen molar-refractivity contribution in [3.05, 3.63) is 87.0 Å². The molecule has 24 heteroatoms. The molecule has 77 heavy (non-hydrogen) atoms. The minimum Gasteiger partial charge on any atom is -0.377 e. The summed E-state index contributed by atoms with van der Waals surface area (Å²) in [7, 11) is 3.36. The van der Waals surface area contributed by atoms with Gasteiger partial charge in [0.2, 0.25) is 17.7 Å². The molecule has 2 atom stereocenters. The summed E-state index contributed by atoms with van der Waals surface area (Å²) in [6.45, 7) is 8.60. The molecule has 2 aliphatic heterocycles. The second-order valence-corrected chi connectivity index (χ2v) is 20.9. The lowest BCUT2D eigenvalue weighted by Gasteiger charge is -2.39. The molecule has 2 saturated heterocycles. The summed E-state index contributed by atoms with van der Waals surface area (Å²) < 4.78 is 27.6. The summed E-state index contributed by atoms with van der Waals surface area (Å²) in [4.78, 5) is 102. The number of anilines is 4. The number of aryl methyl sites for hydroxylation is 3. The van der Waals surface area contributed by atoms with Crippen molar-refractivity contribution >= 4 is 91.7 Å². The molecule has 0 radical (unpaired) electrons. The Balaban J connectivity index is 0.762. The van der Waals surface area contributed by atoms with Crippen molar-refractivity contribution in [3.8, 4) is 0 Å². The number of para-hydroxylation sites is 1. The maximum absolute atomic E-state index is 14.7. The van der Waals surface area contributed by atoms with Crippen LogP contribution in [-0.2, 0) is 30.9 Å². The van der Waals surface area contributed by atoms with Crippen molar-refractivity contribution < 1.29 is 42.6 Å². The molecule has 5 heterocycles. The zero-order valence-electron chi connectivity index (χ0n) is 44.1. The van der Waals surface area contributed by atoms with Crippen molar-refractivity contribution in [1.29, 1.82) is 0 Å². The Hall–Kier alpha value is -6.79. The summed E-state index contributed by atoms with van der Waals surface area (Å²) in [6, 6.07) is 10.1. The minimum atomic E-state index is -0.658. The molecule has 5 N–H and O–H groups in total. The molecule has 2 aromatic carbocycles. The molecule has 3 aromatic heterocycles. The van der Waals surface area contributed by atoms with Gasteiger partial charge in [0.1, 0.15) is 46.5 Å². The van der Waals surface area contributed by atoms with Gasteiger partial charge in [-0.25, -0.2) is 19.3 Å². The zero-order chi connectivity index (χ0) is 54.8. The number of ether oxygens (including phenoxy) is 2. The van der Waals surface area contributed by atoms with Gasteiger partial charge >= 0.3 is 0 Å². The Kier molecular flexibility index (Phi) is 19.1. The lowest BCUT2D eigenvalue weighted by atomic mass is 9.83. The number of benzene rings is 2. The lowest BCUT2D eigenvalue weighted by Crippen LogP contribution is -2.59. The molecule has 1 saturated carbocycles. The predicted molar refractivity (Wildman–Crippen MR) is 291 cm³/mol. The Labute approximate surface area is 455 Å². The van der Waals surface area contributed by atoms with Gasteiger partial charge in [-0.3, -0.25) is 28.8 Å². The van der Waals surface area contributed by atoms with Crippen LogP contribution in [0, 0.1) is 25.6 Å². The number of amides is 6. The number of piperazine rings is 2. The van der Waals surface area contributed by atoms with Gasteiger partial charge in [0.15, 0.2) is 5.13 Å². The number of aromatic nitrogens is 4. The van der Waals surface area contributed by atoms with Crippen LogP contribution in [-0.4, -0.2) is 174 Å². The first-order chi connectivity index (χ1) is 37.1. The van der Waals surface area contributed by atoms with Gasteiger partial charge in [-0.1, -0.05) is 54.3 Å². The molecule has 5 aromatic rings. The van der Waals surface area contributed by atoms with Crippen LogP contribution in [0.15, 0.2) is 48.7 Å². The molecule has 3 fully saturated rings. The fraction of sp³-hybridized carbons (Fsp3) is 0.491. The van der Waals surface area contributed by atoms with Gasteiger partial charge in [-0.2, -0.15) is 0 Å². The van der Waals surface area contributed by atoms with Gasteiger partial charge in [0.05, 0.1) is 48.3 Å². The average Bonchev–Trinajstić information content (AvgIpc) is 4.02. The number of nitrogens with one attached hydrogen (secondary N) is 5. The third kappa shape index (κ3) is 13.9. The highest BCUT2D eigenvalue weighted by Gasteiger charge is 2.38. The molecule has 21 nitrogen and oxygen atoms in total. The van der Waals surface area contributed by atoms with Crippen molar-refractivity contribution in [2.45, 2.75) is 65.0 Å². The smallest absolute Gasteiger partial charge is 0.271 e. The monoisotopic (exact) mass is 1100 g/mol. The number of carbonyl (C=O) groups is 6. The fourth-order valence-corrected chi connectivity index (χ4v) is 10.9. The van der Waals surface area contributed by atoms with E-state index in [4.69, 9.17) is 21.1 Å². The van der Waals surface area contributed by atoms with E-state index < -0.39 is 29.7 Å². The molecule has 6 amide bonds. The first-order valence-corrected chi connectivity index (χ1v) is 27.2. The molecule has 0 spiro atoms. The molecule has 0 unspecified atom stereocenters. The van der Waals surface area contributed by atoms with Crippen molar-refractivity contribution in [1.82, 2.24) is 50.2 Å². The SMILES string of the molecule is CN[C@@H](C)C(=O)N[C@H](C(=O)N1CCN(C(=O)c2c(C(=O)NCCOCCOCC(=O)N3CCN(c4cc(Nc5ncc(C(=O)Nc6c(C)cccc6Cl)s5)nc(C)n4)CC3)c3cc(F)ccc3n2C)CC1)C1CCCCC1. The van der Waals surface area contributed by atoms with Crippen LogP contribution >= 0.6 is 22.9 Å². The highest BCUT2D eigenvalue weighted by Crippen LogP contribution is 2.32. The topological polar surface area (TPSA) is 238 Å². The Morgan fingerprint density at radius 3 is 2.30 bits per heavy atom. The molecular weight excluding hydrogens is 1030 g/mol. The fourth-order valence-electron chi connectivity index (χ4n) is 9.90. The molecular formula is C53H67ClFN13O8S. The number of fused-ring (bicyclic) bond motifs is 1. The quantitative estimate of drug-likeness (QED) is 0.0653. The maximum Gasteiger partial charge on any atom is 0.271 e. The van der Waals surface area contributed by atoms with Crippen LogP contribution in [0.3, 0.4) is 0 Å². The van der Waals surface area contributed by atoms with Gasteiger partial charge in [-0.15, -0.1) is 0 Å². The molecule has 3 aliphatic rings. The van der Waals surface area contributed by atoms with E-state index in [2.05, 4.69) is 46.4 Å². The average molecular weight is 1100 g/mol. The van der Waals surface area contributed by atoms with E-state index in [1.807, 2.05) is 19.1 Å². The normalized spacial score (nSPS) is 16.0. The second kappa shape index (κ2) is 26.0. The molecule has 0 bridgehead atoms. The maximum atomic E-state index is 14.7. The predicted octanol–water partition coefficient (Wildman–Crippen LogP) is 4.90. The third-order valence-corrected chi connectivity index (χ3v) is 15.5. The van der Waals surface area contributed by atoms with Crippen LogP contribution in [0.5, 0.6) is 0 Å². The van der Waals surface area contributed by atoms with Crippen LogP contribution in [0.2, 0.25) is 5.02 Å². The van der Waals surface area contributed by atoms with Gasteiger partial charge in [0, 0.05) is 82.9 Å². The Morgan fingerprint density at radius 1 is 0.857 bits per heavy atom. The number of nitrogens with zero attached hydrogens (tertiary/aromatic N) is 8. The third-order valence-electron chi connectivity index (χ3n) is 14.3. The van der Waals surface area contributed by atoms with Gasteiger partial charge < -0.3 is 60.2 Å². The zero-order valence-corrected chi connectivity index (χ0v) is 45.7. The van der Waals surface area contributed by atoms with E-state index in [1.165, 1.54) is 35.7 Å². The van der Waals surface area contributed by atoms with Gasteiger partial charge in [-0.05, 0) is 76.4 Å². The van der Waals surface area contributed by atoms with Crippen molar-refractivity contribution in [2.75, 3.05) is 108 Å². The standard InChI is InChI=1S/C53H67ClFN13O8S/c1-32-10-9-13-38(54)45(32)62-49(71)40-30-58-53(77-40)61-41-29-42(60-34(3)59-41)65-17-19-66(20-18-65)43(69)31-76-27-26-75-25-16-57-50(72)44-37-28-36(55)14-15-39(37)64(5)47(44)52(74)68-23-21-67(22-24-68)51(73)46(35-11-7-6-8-12-35)63-48(70)33(2)56-4/h9-10,13-15,28-30,33,35,46,56H,6-8,11-12,16-27,31H2,1-5H3,(H,57,72)(H,62,71)(H,63,70)(H,58,59,60,61)/t33-,46-/m0/s1. The number of rotatable bonds is 20. The van der Waals surface area contributed by atoms with Crippen molar-refractivity contribution in [3.63, 3.8) is 0 Å². The van der Waals surface area contributed by atoms with E-state index >= 15 is 0 Å². The van der Waals surface area contributed by atoms with Crippen LogP contribution in [0.1, 0.15) is 80.9 Å². The number of halogens is 2. The molecule has 412 valence electrons. The summed E-state index contributed by atoms with van der Waals surface area (Å²) in [5, 5.41) is 16.0. The Morgan fingerprint density at radius 2 is 1.57 bits per heavy atom. The summed E-state index contributed by atoms with van der Waals surface area (Å²) in [5.41, 5.74) is 2.03. The number of thiazole rings is 1. The van der Waals surface area contributed by atoms with E-state index in [9.17, 15) is 33.2 Å². The van der Waals surface area contributed by atoms with E-state index in [1.54, 1.807) is 59.3 Å². The molecule has 1 aliphatic carbocycles. The van der Waals surface area contributed by atoms with E-state index in [0.29, 0.717) is 69.9 Å². The van der Waals surface area contributed by atoms with Crippen LogP contribution in [0.4, 0.5) is 26.8 Å². The number of likely N-dealkylation sites (N-methyl/N-ethyl adjacent to an activating group) is 1. The summed E-state index contributed by atoms with van der Waals surface area (Å²) >= 11 is 7.48.